The van der Waals surface area contributed by atoms with Crippen LogP contribution in [0.25, 0.3) is 0 Å². The lowest BCUT2D eigenvalue weighted by Gasteiger charge is -2.33. The topological polar surface area (TPSA) is 83.5 Å². The Morgan fingerprint density at radius 2 is 2.07 bits per heavy atom. The lowest BCUT2D eigenvalue weighted by Crippen LogP contribution is -2.36. The van der Waals surface area contributed by atoms with E-state index in [1.165, 1.54) is 37.8 Å². The molecule has 1 saturated carbocycles. The summed E-state index contributed by atoms with van der Waals surface area (Å²) in [6, 6.07) is 6.00. The van der Waals surface area contributed by atoms with Crippen LogP contribution in [0, 0.1) is 0 Å². The first-order valence-corrected chi connectivity index (χ1v) is 10.0. The number of aliphatic hydroxyl groups excluding tert-OH is 1. The van der Waals surface area contributed by atoms with Gasteiger partial charge in [0.05, 0.1) is 17.9 Å². The Morgan fingerprint density at radius 3 is 2.85 bits per heavy atom. The first kappa shape index (κ1) is 18.3. The van der Waals surface area contributed by atoms with Crippen molar-refractivity contribution in [2.45, 2.75) is 70.8 Å². The number of hydrogen-bond donors (Lipinski definition) is 2. The van der Waals surface area contributed by atoms with E-state index in [2.05, 4.69) is 26.1 Å². The molecule has 2 N–H and O–H groups in total. The van der Waals surface area contributed by atoms with Gasteiger partial charge in [-0.3, -0.25) is 14.4 Å². The highest BCUT2D eigenvalue weighted by atomic mass is 16.4. The molecule has 0 bridgehead atoms. The van der Waals surface area contributed by atoms with Crippen molar-refractivity contribution < 1.29 is 14.3 Å². The SMILES string of the molecule is O=C(NCc1cc2n(n1)CCCN(C1CCCCC1)C2)c1ccc(CO)o1. The number of aromatic nitrogens is 2. The van der Waals surface area contributed by atoms with Crippen LogP contribution in [0.15, 0.2) is 22.6 Å². The normalized spacial score (nSPS) is 18.9. The number of nitrogens with zero attached hydrogens (tertiary/aromatic N) is 3. The van der Waals surface area contributed by atoms with Crippen molar-refractivity contribution in [1.82, 2.24) is 20.0 Å². The second-order valence-electron chi connectivity index (χ2n) is 7.57. The number of carbonyl (C=O) groups excluding carboxylic acids is 1. The van der Waals surface area contributed by atoms with Gasteiger partial charge in [-0.05, 0) is 37.5 Å². The number of hydrogen-bond acceptors (Lipinski definition) is 5. The molecule has 3 heterocycles. The minimum atomic E-state index is -0.290. The Bertz CT molecular complexity index is 776. The predicted molar refractivity (Wildman–Crippen MR) is 99.9 cm³/mol. The maximum Gasteiger partial charge on any atom is 0.287 e. The Morgan fingerprint density at radius 1 is 1.22 bits per heavy atom. The number of aryl methyl sites for hydroxylation is 1. The quantitative estimate of drug-likeness (QED) is 0.842. The van der Waals surface area contributed by atoms with Crippen LogP contribution >= 0.6 is 0 Å². The number of fused-ring (bicyclic) bond motifs is 1. The molecule has 1 aliphatic carbocycles. The third-order valence-corrected chi connectivity index (χ3v) is 5.66. The standard InChI is InChI=1S/C20H28N4O3/c25-14-18-7-8-19(27-18)20(26)21-12-15-11-17-13-23(9-4-10-24(17)22-15)16-5-2-1-3-6-16/h7-8,11,16,25H,1-6,9-10,12-14H2,(H,21,26). The second-order valence-corrected chi connectivity index (χ2v) is 7.57. The minimum Gasteiger partial charge on any atom is -0.453 e. The number of rotatable bonds is 5. The average Bonchev–Trinajstić information content (AvgIpc) is 3.29. The zero-order valence-electron chi connectivity index (χ0n) is 15.7. The third-order valence-electron chi connectivity index (χ3n) is 5.66. The molecule has 0 saturated heterocycles. The zero-order chi connectivity index (χ0) is 18.6. The van der Waals surface area contributed by atoms with E-state index < -0.39 is 0 Å². The van der Waals surface area contributed by atoms with Crippen LogP contribution < -0.4 is 5.32 Å². The molecule has 0 atom stereocenters. The van der Waals surface area contributed by atoms with Gasteiger partial charge in [0, 0.05) is 25.7 Å². The lowest BCUT2D eigenvalue weighted by atomic mass is 9.94. The van der Waals surface area contributed by atoms with Crippen LogP contribution in [-0.2, 0) is 26.2 Å². The van der Waals surface area contributed by atoms with Gasteiger partial charge in [0.1, 0.15) is 12.4 Å². The van der Waals surface area contributed by atoms with E-state index in [4.69, 9.17) is 9.52 Å². The molecule has 27 heavy (non-hydrogen) atoms. The highest BCUT2D eigenvalue weighted by Crippen LogP contribution is 2.26. The summed E-state index contributed by atoms with van der Waals surface area (Å²) in [4.78, 5) is 14.8. The van der Waals surface area contributed by atoms with E-state index in [1.54, 1.807) is 12.1 Å². The van der Waals surface area contributed by atoms with Gasteiger partial charge in [0.15, 0.2) is 5.76 Å². The van der Waals surface area contributed by atoms with Crippen molar-refractivity contribution in [1.29, 1.82) is 0 Å². The number of carbonyl (C=O) groups is 1. The lowest BCUT2D eigenvalue weighted by molar-refractivity contribution is 0.0918. The first-order chi connectivity index (χ1) is 13.2. The van der Waals surface area contributed by atoms with E-state index in [1.807, 2.05) is 0 Å². The molecule has 7 nitrogen and oxygen atoms in total. The summed E-state index contributed by atoms with van der Waals surface area (Å²) in [6.45, 7) is 3.19. The van der Waals surface area contributed by atoms with Gasteiger partial charge in [0.25, 0.3) is 5.91 Å². The zero-order valence-corrected chi connectivity index (χ0v) is 15.7. The van der Waals surface area contributed by atoms with E-state index >= 15 is 0 Å². The van der Waals surface area contributed by atoms with E-state index in [0.29, 0.717) is 18.3 Å². The number of amides is 1. The summed E-state index contributed by atoms with van der Waals surface area (Å²) in [7, 11) is 0. The van der Waals surface area contributed by atoms with E-state index in [9.17, 15) is 4.79 Å². The Balaban J connectivity index is 1.37. The smallest absolute Gasteiger partial charge is 0.287 e. The summed E-state index contributed by atoms with van der Waals surface area (Å²) >= 11 is 0. The summed E-state index contributed by atoms with van der Waals surface area (Å²) < 4.78 is 7.37. The van der Waals surface area contributed by atoms with Crippen molar-refractivity contribution in [2.75, 3.05) is 6.54 Å². The molecule has 0 aromatic carbocycles. The van der Waals surface area contributed by atoms with Gasteiger partial charge in [-0.25, -0.2) is 0 Å². The van der Waals surface area contributed by atoms with Crippen molar-refractivity contribution >= 4 is 5.91 Å². The molecule has 0 radical (unpaired) electrons. The fourth-order valence-corrected chi connectivity index (χ4v) is 4.23. The van der Waals surface area contributed by atoms with Gasteiger partial charge in [-0.1, -0.05) is 19.3 Å². The molecule has 2 aromatic rings. The molecule has 2 aromatic heterocycles. The Kier molecular flexibility index (Phi) is 5.59. The number of aliphatic hydroxyl groups is 1. The predicted octanol–water partition coefficient (Wildman–Crippen LogP) is 2.44. The molecule has 0 spiro atoms. The molecular formula is C20H28N4O3. The van der Waals surface area contributed by atoms with Crippen LogP contribution in [-0.4, -0.2) is 38.3 Å². The first-order valence-electron chi connectivity index (χ1n) is 10.0. The number of nitrogens with one attached hydrogen (secondary N) is 1. The maximum atomic E-state index is 12.2. The van der Waals surface area contributed by atoms with Gasteiger partial charge in [0.2, 0.25) is 0 Å². The number of furan rings is 1. The van der Waals surface area contributed by atoms with Crippen molar-refractivity contribution in [3.63, 3.8) is 0 Å². The molecular weight excluding hydrogens is 344 g/mol. The Labute approximate surface area is 159 Å². The van der Waals surface area contributed by atoms with Crippen LogP contribution in [0.2, 0.25) is 0 Å². The van der Waals surface area contributed by atoms with E-state index in [0.717, 1.165) is 31.7 Å². The molecule has 146 valence electrons. The molecule has 1 amide bonds. The second kappa shape index (κ2) is 8.27. The van der Waals surface area contributed by atoms with Crippen molar-refractivity contribution in [2.24, 2.45) is 0 Å². The van der Waals surface area contributed by atoms with Crippen LogP contribution in [0.4, 0.5) is 0 Å². The Hall–Kier alpha value is -2.12. The summed E-state index contributed by atoms with van der Waals surface area (Å²) in [5.41, 5.74) is 2.11. The van der Waals surface area contributed by atoms with Crippen molar-refractivity contribution in [3.8, 4) is 0 Å². The molecule has 2 aliphatic rings. The van der Waals surface area contributed by atoms with Crippen molar-refractivity contribution in [3.05, 3.63) is 41.1 Å². The molecule has 1 aliphatic heterocycles. The van der Waals surface area contributed by atoms with Crippen LogP contribution in [0.3, 0.4) is 0 Å². The van der Waals surface area contributed by atoms with Gasteiger partial charge in [-0.2, -0.15) is 5.10 Å². The largest absolute Gasteiger partial charge is 0.453 e. The van der Waals surface area contributed by atoms with Crippen LogP contribution in [0.1, 0.15) is 66.2 Å². The summed E-state index contributed by atoms with van der Waals surface area (Å²) in [5.74, 6) is 0.307. The highest BCUT2D eigenvalue weighted by Gasteiger charge is 2.24. The fourth-order valence-electron chi connectivity index (χ4n) is 4.23. The molecule has 1 fully saturated rings. The molecule has 0 unspecified atom stereocenters. The monoisotopic (exact) mass is 372 g/mol. The van der Waals surface area contributed by atoms with Gasteiger partial charge >= 0.3 is 0 Å². The average molecular weight is 372 g/mol. The molecule has 7 heteroatoms. The summed E-state index contributed by atoms with van der Waals surface area (Å²) in [5, 5.41) is 16.6. The molecule has 4 rings (SSSR count). The fraction of sp³-hybridized carbons (Fsp3) is 0.600. The highest BCUT2D eigenvalue weighted by molar-refractivity contribution is 5.91. The third kappa shape index (κ3) is 4.25. The van der Waals surface area contributed by atoms with Gasteiger partial charge < -0.3 is 14.8 Å². The van der Waals surface area contributed by atoms with Crippen LogP contribution in [0.5, 0.6) is 0 Å². The van der Waals surface area contributed by atoms with Gasteiger partial charge in [-0.15, -0.1) is 0 Å². The summed E-state index contributed by atoms with van der Waals surface area (Å²) in [6.07, 6.45) is 7.83. The van der Waals surface area contributed by atoms with E-state index in [-0.39, 0.29) is 18.3 Å². The minimum absolute atomic E-state index is 0.210. The maximum absolute atomic E-state index is 12.2.